The number of anilines is 1. The van der Waals surface area contributed by atoms with Crippen molar-refractivity contribution >= 4 is 22.6 Å². The van der Waals surface area contributed by atoms with E-state index in [0.717, 1.165) is 11.3 Å². The van der Waals surface area contributed by atoms with E-state index in [2.05, 4.69) is 15.4 Å². The van der Waals surface area contributed by atoms with Crippen molar-refractivity contribution in [2.75, 3.05) is 18.5 Å². The fourth-order valence-corrected chi connectivity index (χ4v) is 3.54. The fraction of sp³-hybridized carbons (Fsp3) is 0.136. The van der Waals surface area contributed by atoms with Gasteiger partial charge >= 0.3 is 0 Å². The number of pyridine rings is 1. The van der Waals surface area contributed by atoms with Crippen molar-refractivity contribution in [2.24, 2.45) is 0 Å². The van der Waals surface area contributed by atoms with E-state index < -0.39 is 22.8 Å². The summed E-state index contributed by atoms with van der Waals surface area (Å²) in [4.78, 5) is 28.2. The largest absolute Gasteiger partial charge is 0.506 e. The maximum Gasteiger partial charge on any atom is 0.266 e. The van der Waals surface area contributed by atoms with E-state index >= 15 is 0 Å². The molecule has 3 N–H and O–H groups in total. The highest BCUT2D eigenvalue weighted by atomic mass is 16.6. The first-order chi connectivity index (χ1) is 15.0. The van der Waals surface area contributed by atoms with E-state index in [9.17, 15) is 14.7 Å². The predicted molar refractivity (Wildman–Crippen MR) is 113 cm³/mol. The molecule has 0 saturated heterocycles. The Kier molecular flexibility index (Phi) is 4.36. The number of benzene rings is 2. The molecule has 0 saturated carbocycles. The Morgan fingerprint density at radius 1 is 1.16 bits per heavy atom. The number of carbonyl (C=O) groups is 1. The molecule has 3 heterocycles. The molecule has 0 aliphatic carbocycles. The Morgan fingerprint density at radius 2 is 1.97 bits per heavy atom. The van der Waals surface area contributed by atoms with Crippen molar-refractivity contribution in [3.05, 3.63) is 70.1 Å². The molecule has 1 aliphatic rings. The van der Waals surface area contributed by atoms with E-state index in [-0.39, 0.29) is 5.39 Å². The molecule has 0 fully saturated rings. The summed E-state index contributed by atoms with van der Waals surface area (Å²) in [6, 6.07) is 12.4. The van der Waals surface area contributed by atoms with Crippen LogP contribution in [0.25, 0.3) is 16.7 Å². The molecule has 9 heteroatoms. The first-order valence-corrected chi connectivity index (χ1v) is 9.62. The van der Waals surface area contributed by atoms with Crippen LogP contribution in [0.5, 0.6) is 17.2 Å². The molecule has 0 atom stereocenters. The number of aromatic amines is 1. The van der Waals surface area contributed by atoms with Gasteiger partial charge in [0.05, 0.1) is 17.3 Å². The van der Waals surface area contributed by atoms with Crippen LogP contribution in [0.3, 0.4) is 0 Å². The lowest BCUT2D eigenvalue weighted by molar-refractivity contribution is 0.102. The molecule has 2 aromatic carbocycles. The fourth-order valence-electron chi connectivity index (χ4n) is 3.54. The molecular formula is C22H18N4O5. The van der Waals surface area contributed by atoms with Crippen LogP contribution in [0.4, 0.5) is 5.69 Å². The van der Waals surface area contributed by atoms with Gasteiger partial charge in [-0.3, -0.25) is 9.59 Å². The van der Waals surface area contributed by atoms with Crippen molar-refractivity contribution in [1.82, 2.24) is 14.8 Å². The summed E-state index contributed by atoms with van der Waals surface area (Å²) >= 11 is 0. The third kappa shape index (κ3) is 3.25. The Morgan fingerprint density at radius 3 is 2.77 bits per heavy atom. The van der Waals surface area contributed by atoms with Gasteiger partial charge in [-0.2, -0.15) is 5.10 Å². The molecule has 4 aromatic rings. The third-order valence-electron chi connectivity index (χ3n) is 4.99. The lowest BCUT2D eigenvalue weighted by Crippen LogP contribution is -2.24. The minimum Gasteiger partial charge on any atom is -0.506 e. The molecule has 1 aliphatic heterocycles. The molecular weight excluding hydrogens is 400 g/mol. The molecule has 0 spiro atoms. The summed E-state index contributed by atoms with van der Waals surface area (Å²) in [6.07, 6.45) is 1.41. The number of carbonyl (C=O) groups excluding carboxylic acids is 1. The first-order valence-electron chi connectivity index (χ1n) is 9.62. The average molecular weight is 418 g/mol. The molecule has 9 nitrogen and oxygen atoms in total. The van der Waals surface area contributed by atoms with Gasteiger partial charge in [0.15, 0.2) is 11.5 Å². The number of hydrogen-bond donors (Lipinski definition) is 3. The number of H-pyrrole nitrogens is 1. The van der Waals surface area contributed by atoms with Crippen LogP contribution in [-0.4, -0.2) is 39.0 Å². The molecule has 0 radical (unpaired) electrons. The van der Waals surface area contributed by atoms with Crippen LogP contribution in [0.1, 0.15) is 15.9 Å². The van der Waals surface area contributed by atoms with Crippen LogP contribution in [0, 0.1) is 6.92 Å². The normalized spacial score (nSPS) is 12.7. The van der Waals surface area contributed by atoms with Crippen LogP contribution < -0.4 is 20.3 Å². The summed E-state index contributed by atoms with van der Waals surface area (Å²) in [5, 5.41) is 17.8. The van der Waals surface area contributed by atoms with Crippen LogP contribution in [0.2, 0.25) is 0 Å². The number of fused-ring (bicyclic) bond motifs is 2. The highest BCUT2D eigenvalue weighted by Gasteiger charge is 2.22. The second-order valence-electron chi connectivity index (χ2n) is 7.15. The van der Waals surface area contributed by atoms with Gasteiger partial charge in [0.1, 0.15) is 30.2 Å². The van der Waals surface area contributed by atoms with Crippen molar-refractivity contribution < 1.29 is 19.4 Å². The molecule has 156 valence electrons. The monoisotopic (exact) mass is 418 g/mol. The van der Waals surface area contributed by atoms with E-state index in [1.165, 1.54) is 10.9 Å². The number of aromatic hydroxyl groups is 1. The number of rotatable bonds is 3. The lowest BCUT2D eigenvalue weighted by Gasteiger charge is -2.19. The molecule has 1 amide bonds. The van der Waals surface area contributed by atoms with Gasteiger partial charge in [0.2, 0.25) is 0 Å². The average Bonchev–Trinajstić information content (AvgIpc) is 3.17. The second kappa shape index (κ2) is 7.21. The van der Waals surface area contributed by atoms with E-state index in [4.69, 9.17) is 9.47 Å². The molecule has 2 aromatic heterocycles. The van der Waals surface area contributed by atoms with Gasteiger partial charge < -0.3 is 24.9 Å². The lowest BCUT2D eigenvalue weighted by atomic mass is 10.1. The summed E-state index contributed by atoms with van der Waals surface area (Å²) < 4.78 is 12.5. The van der Waals surface area contributed by atoms with Crippen molar-refractivity contribution in [3.8, 4) is 22.9 Å². The SMILES string of the molecule is Cc1cccc(-n2ncc3c(O)c(C(=O)Nc4ccc5c(c4)OCCO5)c(=O)[nH]c32)c1. The van der Waals surface area contributed by atoms with E-state index in [1.54, 1.807) is 18.2 Å². The molecule has 0 unspecified atom stereocenters. The zero-order valence-electron chi connectivity index (χ0n) is 16.5. The Labute approximate surface area is 175 Å². The third-order valence-corrected chi connectivity index (χ3v) is 4.99. The van der Waals surface area contributed by atoms with Crippen molar-refractivity contribution in [2.45, 2.75) is 6.92 Å². The Balaban J connectivity index is 1.52. The number of aryl methyl sites for hydroxylation is 1. The molecule has 31 heavy (non-hydrogen) atoms. The van der Waals surface area contributed by atoms with Gasteiger partial charge in [-0.05, 0) is 36.8 Å². The number of nitrogens with one attached hydrogen (secondary N) is 2. The van der Waals surface area contributed by atoms with E-state index in [0.29, 0.717) is 36.0 Å². The number of hydrogen-bond acceptors (Lipinski definition) is 6. The molecule has 0 bridgehead atoms. The van der Waals surface area contributed by atoms with E-state index in [1.807, 2.05) is 31.2 Å². The van der Waals surface area contributed by atoms with Crippen molar-refractivity contribution in [1.29, 1.82) is 0 Å². The Hall–Kier alpha value is -4.27. The summed E-state index contributed by atoms with van der Waals surface area (Å²) in [7, 11) is 0. The van der Waals surface area contributed by atoms with Gasteiger partial charge in [-0.1, -0.05) is 12.1 Å². The van der Waals surface area contributed by atoms with Gasteiger partial charge in [0, 0.05) is 11.8 Å². The quantitative estimate of drug-likeness (QED) is 0.471. The first kappa shape index (κ1) is 18.7. The summed E-state index contributed by atoms with van der Waals surface area (Å²) in [5.41, 5.74) is 1.31. The highest BCUT2D eigenvalue weighted by molar-refractivity contribution is 6.08. The topological polar surface area (TPSA) is 118 Å². The minimum absolute atomic E-state index is 0.258. The van der Waals surface area contributed by atoms with Crippen LogP contribution in [0.15, 0.2) is 53.5 Å². The standard InChI is InChI=1S/C22H18N4O5/c1-12-3-2-4-14(9-12)26-20-15(11-23-26)19(27)18(22(29)25-20)21(28)24-13-5-6-16-17(10-13)31-8-7-30-16/h2-6,9-11H,7-8H2,1H3,(H,24,28)(H2,25,27,29). The number of ether oxygens (including phenoxy) is 2. The predicted octanol–water partition coefficient (Wildman–Crippen LogP) is 2.75. The van der Waals surface area contributed by atoms with Crippen LogP contribution in [-0.2, 0) is 0 Å². The Bertz CT molecular complexity index is 1390. The maximum atomic E-state index is 12.8. The molecule has 5 rings (SSSR count). The number of aromatic nitrogens is 3. The minimum atomic E-state index is -0.749. The maximum absolute atomic E-state index is 12.8. The summed E-state index contributed by atoms with van der Waals surface area (Å²) in [6.45, 7) is 2.81. The highest BCUT2D eigenvalue weighted by Crippen LogP contribution is 2.33. The van der Waals surface area contributed by atoms with Gasteiger partial charge in [0.25, 0.3) is 11.5 Å². The smallest absolute Gasteiger partial charge is 0.266 e. The van der Waals surface area contributed by atoms with Gasteiger partial charge in [-0.15, -0.1) is 0 Å². The summed E-state index contributed by atoms with van der Waals surface area (Å²) in [5.74, 6) is -0.111. The second-order valence-corrected chi connectivity index (χ2v) is 7.15. The number of nitrogens with zero attached hydrogens (tertiary/aromatic N) is 2. The zero-order chi connectivity index (χ0) is 21.5. The zero-order valence-corrected chi connectivity index (χ0v) is 16.5. The van der Waals surface area contributed by atoms with Crippen molar-refractivity contribution in [3.63, 3.8) is 0 Å². The van der Waals surface area contributed by atoms with Gasteiger partial charge in [-0.25, -0.2) is 4.68 Å². The number of amides is 1. The van der Waals surface area contributed by atoms with Crippen LogP contribution >= 0.6 is 0 Å².